The number of piperidine rings is 1. The number of nitrogens with zero attached hydrogens (tertiary/aromatic N) is 1. The standard InChI is InChI=1S/C28H42FNO2/c29-26-13-10-21(11-14-26)5-4-6-22-15-17-30(18-16-22)20-23-9-12-25(19-23)27(28(31)32)24-7-2-1-3-8-24/h10-11,13-14,22-25,27H,1-9,12,15-20H2,(H,31,32). The molecule has 0 aromatic heterocycles. The zero-order chi connectivity index (χ0) is 22.3. The smallest absolute Gasteiger partial charge is 0.307 e. The first-order valence-corrected chi connectivity index (χ1v) is 13.3. The Balaban J connectivity index is 1.15. The SMILES string of the molecule is O=C(O)C(C1CCCCC1)C1CCC(CN2CCC(CCCc3ccc(F)cc3)CC2)C1. The van der Waals surface area contributed by atoms with E-state index in [1.165, 1.54) is 76.6 Å². The number of aryl methyl sites for hydroxylation is 1. The summed E-state index contributed by atoms with van der Waals surface area (Å²) in [5.41, 5.74) is 1.24. The van der Waals surface area contributed by atoms with Crippen molar-refractivity contribution in [2.75, 3.05) is 19.6 Å². The van der Waals surface area contributed by atoms with Crippen LogP contribution in [0, 0.1) is 35.4 Å². The van der Waals surface area contributed by atoms with Crippen molar-refractivity contribution in [3.63, 3.8) is 0 Å². The maximum Gasteiger partial charge on any atom is 0.307 e. The summed E-state index contributed by atoms with van der Waals surface area (Å²) in [6, 6.07) is 6.95. The fourth-order valence-electron chi connectivity index (χ4n) is 6.96. The predicted molar refractivity (Wildman–Crippen MR) is 127 cm³/mol. The van der Waals surface area contributed by atoms with Crippen LogP contribution in [0.2, 0.25) is 0 Å². The van der Waals surface area contributed by atoms with Gasteiger partial charge in [0.2, 0.25) is 0 Å². The fourth-order valence-corrected chi connectivity index (χ4v) is 6.96. The average molecular weight is 444 g/mol. The van der Waals surface area contributed by atoms with E-state index in [2.05, 4.69) is 4.90 Å². The minimum Gasteiger partial charge on any atom is -0.481 e. The molecule has 178 valence electrons. The molecule has 0 radical (unpaired) electrons. The third-order valence-corrected chi connectivity index (χ3v) is 8.75. The van der Waals surface area contributed by atoms with Gasteiger partial charge >= 0.3 is 5.97 Å². The molecule has 1 aliphatic heterocycles. The monoisotopic (exact) mass is 443 g/mol. The first-order valence-electron chi connectivity index (χ1n) is 13.3. The van der Waals surface area contributed by atoms with Crippen molar-refractivity contribution >= 4 is 5.97 Å². The molecule has 2 saturated carbocycles. The van der Waals surface area contributed by atoms with E-state index in [1.807, 2.05) is 12.1 Å². The van der Waals surface area contributed by atoms with Gasteiger partial charge in [0.15, 0.2) is 0 Å². The minimum absolute atomic E-state index is 0.0906. The van der Waals surface area contributed by atoms with Gasteiger partial charge in [0, 0.05) is 6.54 Å². The van der Waals surface area contributed by atoms with Crippen LogP contribution in [0.3, 0.4) is 0 Å². The van der Waals surface area contributed by atoms with Gasteiger partial charge in [0.05, 0.1) is 5.92 Å². The Labute approximate surface area is 193 Å². The Morgan fingerprint density at radius 2 is 1.66 bits per heavy atom. The molecule has 0 amide bonds. The van der Waals surface area contributed by atoms with Crippen LogP contribution < -0.4 is 0 Å². The van der Waals surface area contributed by atoms with Gasteiger partial charge in [0.25, 0.3) is 0 Å². The van der Waals surface area contributed by atoms with Gasteiger partial charge in [-0.2, -0.15) is 0 Å². The predicted octanol–water partition coefficient (Wildman–Crippen LogP) is 6.56. The summed E-state index contributed by atoms with van der Waals surface area (Å²) in [6.07, 6.45) is 15.6. The Morgan fingerprint density at radius 3 is 2.34 bits per heavy atom. The molecule has 1 heterocycles. The van der Waals surface area contributed by atoms with Crippen LogP contribution in [0.1, 0.15) is 82.6 Å². The summed E-state index contributed by atoms with van der Waals surface area (Å²) >= 11 is 0. The summed E-state index contributed by atoms with van der Waals surface area (Å²) in [5, 5.41) is 9.95. The number of aliphatic carboxylic acids is 1. The van der Waals surface area contributed by atoms with Crippen molar-refractivity contribution in [2.45, 2.75) is 83.5 Å². The molecule has 32 heavy (non-hydrogen) atoms. The third-order valence-electron chi connectivity index (χ3n) is 8.75. The van der Waals surface area contributed by atoms with E-state index in [0.717, 1.165) is 38.0 Å². The molecule has 1 aromatic rings. The number of carboxylic acid groups (broad SMARTS) is 1. The van der Waals surface area contributed by atoms with Gasteiger partial charge in [-0.15, -0.1) is 0 Å². The first kappa shape index (κ1) is 23.7. The first-order chi connectivity index (χ1) is 15.6. The second kappa shape index (κ2) is 11.6. The summed E-state index contributed by atoms with van der Waals surface area (Å²) in [7, 11) is 0. The molecule has 3 unspecified atom stereocenters. The molecule has 2 aliphatic carbocycles. The molecule has 3 atom stereocenters. The number of carboxylic acids is 1. The lowest BCUT2D eigenvalue weighted by atomic mass is 9.73. The molecule has 0 spiro atoms. The highest BCUT2D eigenvalue weighted by atomic mass is 19.1. The molecular weight excluding hydrogens is 401 g/mol. The molecule has 1 saturated heterocycles. The van der Waals surface area contributed by atoms with Crippen molar-refractivity contribution in [3.05, 3.63) is 35.6 Å². The highest BCUT2D eigenvalue weighted by Crippen LogP contribution is 2.43. The number of hydrogen-bond donors (Lipinski definition) is 1. The van der Waals surface area contributed by atoms with Crippen molar-refractivity contribution in [2.24, 2.45) is 29.6 Å². The van der Waals surface area contributed by atoms with Gasteiger partial charge in [-0.3, -0.25) is 4.79 Å². The quantitative estimate of drug-likeness (QED) is 0.470. The zero-order valence-electron chi connectivity index (χ0n) is 19.7. The Hall–Kier alpha value is -1.42. The number of likely N-dealkylation sites (tertiary alicyclic amines) is 1. The van der Waals surface area contributed by atoms with Gasteiger partial charge in [-0.05, 0) is 112 Å². The molecule has 3 fully saturated rings. The van der Waals surface area contributed by atoms with E-state index in [1.54, 1.807) is 12.1 Å². The molecule has 4 heteroatoms. The van der Waals surface area contributed by atoms with Gasteiger partial charge in [-0.1, -0.05) is 37.8 Å². The van der Waals surface area contributed by atoms with Crippen LogP contribution in [0.25, 0.3) is 0 Å². The second-order valence-corrected chi connectivity index (χ2v) is 11.0. The summed E-state index contributed by atoms with van der Waals surface area (Å²) in [6.45, 7) is 3.58. The van der Waals surface area contributed by atoms with Crippen LogP contribution in [0.5, 0.6) is 0 Å². The van der Waals surface area contributed by atoms with E-state index in [0.29, 0.717) is 17.8 Å². The topological polar surface area (TPSA) is 40.5 Å². The number of benzene rings is 1. The minimum atomic E-state index is -0.524. The summed E-state index contributed by atoms with van der Waals surface area (Å²) in [4.78, 5) is 14.7. The van der Waals surface area contributed by atoms with Crippen molar-refractivity contribution < 1.29 is 14.3 Å². The molecule has 0 bridgehead atoms. The van der Waals surface area contributed by atoms with Gasteiger partial charge < -0.3 is 10.0 Å². The number of rotatable bonds is 9. The van der Waals surface area contributed by atoms with E-state index in [-0.39, 0.29) is 11.7 Å². The van der Waals surface area contributed by atoms with E-state index in [4.69, 9.17) is 0 Å². The number of carbonyl (C=O) groups is 1. The molecule has 1 aromatic carbocycles. The van der Waals surface area contributed by atoms with Crippen LogP contribution >= 0.6 is 0 Å². The van der Waals surface area contributed by atoms with E-state index in [9.17, 15) is 14.3 Å². The summed E-state index contributed by atoms with van der Waals surface area (Å²) < 4.78 is 13.0. The van der Waals surface area contributed by atoms with E-state index >= 15 is 0 Å². The van der Waals surface area contributed by atoms with Crippen LogP contribution in [-0.2, 0) is 11.2 Å². The lowest BCUT2D eigenvalue weighted by Gasteiger charge is -2.34. The largest absolute Gasteiger partial charge is 0.481 e. The maximum absolute atomic E-state index is 13.0. The highest BCUT2D eigenvalue weighted by molar-refractivity contribution is 5.70. The van der Waals surface area contributed by atoms with Crippen molar-refractivity contribution in [1.29, 1.82) is 0 Å². The Kier molecular flexibility index (Phi) is 8.62. The molecule has 1 N–H and O–H groups in total. The van der Waals surface area contributed by atoms with Gasteiger partial charge in [-0.25, -0.2) is 4.39 Å². The van der Waals surface area contributed by atoms with E-state index < -0.39 is 5.97 Å². The average Bonchev–Trinajstić information content (AvgIpc) is 3.24. The second-order valence-electron chi connectivity index (χ2n) is 11.0. The summed E-state index contributed by atoms with van der Waals surface area (Å²) in [5.74, 6) is 1.59. The van der Waals surface area contributed by atoms with Crippen LogP contribution in [0.4, 0.5) is 4.39 Å². The maximum atomic E-state index is 13.0. The number of halogens is 1. The van der Waals surface area contributed by atoms with Gasteiger partial charge in [0.1, 0.15) is 5.82 Å². The normalized spacial score (nSPS) is 26.9. The lowest BCUT2D eigenvalue weighted by molar-refractivity contribution is -0.146. The van der Waals surface area contributed by atoms with Crippen LogP contribution in [-0.4, -0.2) is 35.6 Å². The fraction of sp³-hybridized carbons (Fsp3) is 0.750. The lowest BCUT2D eigenvalue weighted by Crippen LogP contribution is -2.37. The number of hydrogen-bond acceptors (Lipinski definition) is 2. The Bertz CT molecular complexity index is 707. The Morgan fingerprint density at radius 1 is 0.938 bits per heavy atom. The zero-order valence-corrected chi connectivity index (χ0v) is 19.7. The van der Waals surface area contributed by atoms with Crippen molar-refractivity contribution in [3.8, 4) is 0 Å². The highest BCUT2D eigenvalue weighted by Gasteiger charge is 2.40. The molecule has 3 aliphatic rings. The molecule has 4 rings (SSSR count). The molecular formula is C28H42FNO2. The van der Waals surface area contributed by atoms with Crippen LogP contribution in [0.15, 0.2) is 24.3 Å². The third kappa shape index (κ3) is 6.56. The molecule has 3 nitrogen and oxygen atoms in total. The van der Waals surface area contributed by atoms with Crippen molar-refractivity contribution in [1.82, 2.24) is 4.90 Å².